The molecule has 1 aliphatic heterocycles. The van der Waals surface area contributed by atoms with Crippen molar-refractivity contribution in [2.24, 2.45) is 0 Å². The smallest absolute Gasteiger partial charge is 0.233 e. The van der Waals surface area contributed by atoms with Crippen LogP contribution in [0, 0.1) is 0 Å². The number of carbonyl (C=O) groups is 1. The number of β-amino-alcohol motifs (C(OH)–C–C–N with tert-alkyl or cyclic N) is 1. The summed E-state index contributed by atoms with van der Waals surface area (Å²) in [6, 6.07) is 8.02. The average Bonchev–Trinajstić information content (AvgIpc) is 3.06. The van der Waals surface area contributed by atoms with Gasteiger partial charge in [-0.25, -0.2) is 0 Å². The summed E-state index contributed by atoms with van der Waals surface area (Å²) >= 11 is 3.46. The number of aliphatic hydroxyl groups is 1. The fourth-order valence-corrected chi connectivity index (χ4v) is 3.17. The van der Waals surface area contributed by atoms with Crippen LogP contribution in [0.2, 0.25) is 0 Å². The largest absolute Gasteiger partial charge is 0.391 e. The number of rotatable bonds is 2. The molecule has 0 bridgehead atoms. The maximum atomic E-state index is 12.6. The lowest BCUT2D eigenvalue weighted by molar-refractivity contribution is -0.133. The molecule has 3 rings (SSSR count). The zero-order valence-electron chi connectivity index (χ0n) is 10.1. The second-order valence-corrected chi connectivity index (χ2v) is 6.20. The summed E-state index contributed by atoms with van der Waals surface area (Å²) in [5.41, 5.74) is 0.789. The molecule has 0 unspecified atom stereocenters. The van der Waals surface area contributed by atoms with Crippen molar-refractivity contribution in [3.05, 3.63) is 34.3 Å². The van der Waals surface area contributed by atoms with Crippen LogP contribution < -0.4 is 0 Å². The van der Waals surface area contributed by atoms with E-state index in [2.05, 4.69) is 15.9 Å². The van der Waals surface area contributed by atoms with Gasteiger partial charge < -0.3 is 10.0 Å². The Kier molecular flexibility index (Phi) is 2.94. The predicted molar refractivity (Wildman–Crippen MR) is 72.3 cm³/mol. The van der Waals surface area contributed by atoms with E-state index in [0.29, 0.717) is 19.5 Å². The molecule has 2 fully saturated rings. The van der Waals surface area contributed by atoms with Gasteiger partial charge in [0, 0.05) is 17.6 Å². The third-order valence-corrected chi connectivity index (χ3v) is 4.48. The molecule has 1 amide bonds. The third-order valence-electron chi connectivity index (χ3n) is 3.99. The normalized spacial score (nSPS) is 25.2. The van der Waals surface area contributed by atoms with Crippen LogP contribution in [0.25, 0.3) is 0 Å². The molecule has 3 nitrogen and oxygen atoms in total. The van der Waals surface area contributed by atoms with E-state index in [1.807, 2.05) is 29.2 Å². The van der Waals surface area contributed by atoms with Gasteiger partial charge in [-0.2, -0.15) is 0 Å². The molecule has 1 aromatic rings. The van der Waals surface area contributed by atoms with Crippen molar-refractivity contribution in [3.63, 3.8) is 0 Å². The number of aliphatic hydroxyl groups excluding tert-OH is 1. The third kappa shape index (κ3) is 1.97. The van der Waals surface area contributed by atoms with Gasteiger partial charge in [0.1, 0.15) is 0 Å². The number of benzene rings is 1. The highest BCUT2D eigenvalue weighted by Gasteiger charge is 2.53. The van der Waals surface area contributed by atoms with Crippen LogP contribution >= 0.6 is 15.9 Å². The van der Waals surface area contributed by atoms with Crippen LogP contribution in [0.4, 0.5) is 0 Å². The summed E-state index contributed by atoms with van der Waals surface area (Å²) in [6.45, 7) is 1.18. The monoisotopic (exact) mass is 309 g/mol. The highest BCUT2D eigenvalue weighted by molar-refractivity contribution is 9.10. The van der Waals surface area contributed by atoms with Gasteiger partial charge in [0.05, 0.1) is 11.5 Å². The molecule has 96 valence electrons. The van der Waals surface area contributed by atoms with Crippen LogP contribution in [0.1, 0.15) is 24.8 Å². The molecule has 1 N–H and O–H groups in total. The summed E-state index contributed by atoms with van der Waals surface area (Å²) in [4.78, 5) is 14.4. The van der Waals surface area contributed by atoms with E-state index < -0.39 is 0 Å². The van der Waals surface area contributed by atoms with Crippen LogP contribution in [0.15, 0.2) is 28.7 Å². The lowest BCUT2D eigenvalue weighted by Gasteiger charge is -2.23. The first kappa shape index (κ1) is 12.2. The standard InChI is InChI=1S/C14H16BrNO2/c15-11-3-1-2-10(8-11)14(5-6-14)13(18)16-7-4-12(17)9-16/h1-3,8,12,17H,4-7,9H2/t12-/m0/s1. The van der Waals surface area contributed by atoms with Crippen LogP contribution in [-0.2, 0) is 10.2 Å². The molecule has 0 spiro atoms. The number of hydrogen-bond donors (Lipinski definition) is 1. The fourth-order valence-electron chi connectivity index (χ4n) is 2.77. The number of amides is 1. The zero-order valence-corrected chi connectivity index (χ0v) is 11.7. The van der Waals surface area contributed by atoms with Gasteiger partial charge in [-0.05, 0) is 37.0 Å². The molecule has 2 aliphatic rings. The van der Waals surface area contributed by atoms with Gasteiger partial charge in [0.25, 0.3) is 0 Å². The van der Waals surface area contributed by atoms with Gasteiger partial charge in [-0.3, -0.25) is 4.79 Å². The minimum absolute atomic E-state index is 0.192. The second kappa shape index (κ2) is 4.35. The second-order valence-electron chi connectivity index (χ2n) is 5.29. The van der Waals surface area contributed by atoms with Gasteiger partial charge >= 0.3 is 0 Å². The molecule has 4 heteroatoms. The SMILES string of the molecule is O=C(N1CC[C@H](O)C1)C1(c2cccc(Br)c2)CC1. The Bertz CT molecular complexity index is 484. The van der Waals surface area contributed by atoms with Gasteiger partial charge in [-0.1, -0.05) is 28.1 Å². The fraction of sp³-hybridized carbons (Fsp3) is 0.500. The zero-order chi connectivity index (χ0) is 12.8. The molecular formula is C14H16BrNO2. The summed E-state index contributed by atoms with van der Waals surface area (Å²) in [7, 11) is 0. The lowest BCUT2D eigenvalue weighted by atomic mass is 9.94. The Morgan fingerprint density at radius 2 is 2.22 bits per heavy atom. The first-order chi connectivity index (χ1) is 8.62. The Balaban J connectivity index is 1.85. The molecular weight excluding hydrogens is 294 g/mol. The number of likely N-dealkylation sites (tertiary alicyclic amines) is 1. The Morgan fingerprint density at radius 1 is 1.44 bits per heavy atom. The van der Waals surface area contributed by atoms with Gasteiger partial charge in [0.2, 0.25) is 5.91 Å². The number of carbonyl (C=O) groups excluding carboxylic acids is 1. The summed E-state index contributed by atoms with van der Waals surface area (Å²) in [5, 5.41) is 9.55. The van der Waals surface area contributed by atoms with Crippen LogP contribution in [-0.4, -0.2) is 35.1 Å². The molecule has 0 aromatic heterocycles. The molecule has 1 aromatic carbocycles. The number of hydrogen-bond acceptors (Lipinski definition) is 2. The van der Waals surface area contributed by atoms with Crippen molar-refractivity contribution in [2.45, 2.75) is 30.8 Å². The van der Waals surface area contributed by atoms with Gasteiger partial charge in [-0.15, -0.1) is 0 Å². The minimum atomic E-state index is -0.341. The molecule has 1 saturated carbocycles. The van der Waals surface area contributed by atoms with E-state index in [4.69, 9.17) is 0 Å². The first-order valence-electron chi connectivity index (χ1n) is 6.35. The topological polar surface area (TPSA) is 40.5 Å². The molecule has 1 atom stereocenters. The lowest BCUT2D eigenvalue weighted by Crippen LogP contribution is -2.38. The molecule has 18 heavy (non-hydrogen) atoms. The highest BCUT2D eigenvalue weighted by Crippen LogP contribution is 2.50. The highest BCUT2D eigenvalue weighted by atomic mass is 79.9. The molecule has 0 radical (unpaired) electrons. The van der Waals surface area contributed by atoms with E-state index in [9.17, 15) is 9.90 Å². The van der Waals surface area contributed by atoms with Crippen molar-refractivity contribution in [2.75, 3.05) is 13.1 Å². The van der Waals surface area contributed by atoms with Crippen molar-refractivity contribution < 1.29 is 9.90 Å². The van der Waals surface area contributed by atoms with Crippen LogP contribution in [0.5, 0.6) is 0 Å². The van der Waals surface area contributed by atoms with E-state index in [1.54, 1.807) is 0 Å². The average molecular weight is 310 g/mol. The number of halogens is 1. The maximum absolute atomic E-state index is 12.6. The van der Waals surface area contributed by atoms with Gasteiger partial charge in [0.15, 0.2) is 0 Å². The summed E-state index contributed by atoms with van der Waals surface area (Å²) < 4.78 is 1.01. The quantitative estimate of drug-likeness (QED) is 0.908. The summed E-state index contributed by atoms with van der Waals surface area (Å²) in [5.74, 6) is 0.192. The van der Waals surface area contributed by atoms with E-state index >= 15 is 0 Å². The Labute approximate surface area is 115 Å². The van der Waals surface area contributed by atoms with E-state index in [0.717, 1.165) is 22.9 Å². The van der Waals surface area contributed by atoms with Crippen LogP contribution in [0.3, 0.4) is 0 Å². The first-order valence-corrected chi connectivity index (χ1v) is 7.15. The predicted octanol–water partition coefficient (Wildman–Crippen LogP) is 2.07. The van der Waals surface area contributed by atoms with Crippen molar-refractivity contribution in [1.29, 1.82) is 0 Å². The Hall–Kier alpha value is -0.870. The summed E-state index contributed by atoms with van der Waals surface area (Å²) in [6.07, 6.45) is 2.22. The van der Waals surface area contributed by atoms with E-state index in [1.165, 1.54) is 0 Å². The molecule has 1 aliphatic carbocycles. The van der Waals surface area contributed by atoms with Crippen molar-refractivity contribution >= 4 is 21.8 Å². The molecule has 1 saturated heterocycles. The number of nitrogens with zero attached hydrogens (tertiary/aromatic N) is 1. The van der Waals surface area contributed by atoms with Crippen molar-refractivity contribution in [1.82, 2.24) is 4.90 Å². The Morgan fingerprint density at radius 3 is 2.78 bits per heavy atom. The maximum Gasteiger partial charge on any atom is 0.233 e. The minimum Gasteiger partial charge on any atom is -0.391 e. The molecule has 1 heterocycles. The van der Waals surface area contributed by atoms with E-state index in [-0.39, 0.29) is 17.4 Å². The van der Waals surface area contributed by atoms with Crippen molar-refractivity contribution in [3.8, 4) is 0 Å².